The summed E-state index contributed by atoms with van der Waals surface area (Å²) in [5, 5.41) is 9.24. The number of benzene rings is 2. The van der Waals surface area contributed by atoms with E-state index < -0.39 is 0 Å². The van der Waals surface area contributed by atoms with Gasteiger partial charge in [-0.2, -0.15) is 5.26 Å². The highest BCUT2D eigenvalue weighted by Crippen LogP contribution is 2.23. The van der Waals surface area contributed by atoms with E-state index in [1.807, 2.05) is 36.4 Å². The van der Waals surface area contributed by atoms with Crippen LogP contribution in [0.15, 0.2) is 48.5 Å². The standard InChI is InChI=1S/C20H24N4O/c1-25-18-7-4-6-17(13-18)24-11-9-23(10-12-24)15-20(22)19-8-3-2-5-16(19)14-21/h2-8,13,20H,9-12,15,22H2,1H3. The van der Waals surface area contributed by atoms with E-state index >= 15 is 0 Å². The molecule has 3 rings (SSSR count). The minimum atomic E-state index is -0.140. The maximum atomic E-state index is 9.24. The summed E-state index contributed by atoms with van der Waals surface area (Å²) in [6, 6.07) is 17.9. The van der Waals surface area contributed by atoms with Crippen molar-refractivity contribution in [2.24, 2.45) is 5.73 Å². The minimum absolute atomic E-state index is 0.140. The van der Waals surface area contributed by atoms with Crippen molar-refractivity contribution in [2.75, 3.05) is 44.7 Å². The van der Waals surface area contributed by atoms with Crippen LogP contribution in [0.2, 0.25) is 0 Å². The number of piperazine rings is 1. The summed E-state index contributed by atoms with van der Waals surface area (Å²) in [6.45, 7) is 4.60. The summed E-state index contributed by atoms with van der Waals surface area (Å²) >= 11 is 0. The highest BCUT2D eigenvalue weighted by molar-refractivity contribution is 5.51. The molecule has 130 valence electrons. The fraction of sp³-hybridized carbons (Fsp3) is 0.350. The average molecular weight is 336 g/mol. The van der Waals surface area contributed by atoms with Gasteiger partial charge in [0.2, 0.25) is 0 Å². The van der Waals surface area contributed by atoms with Crippen molar-refractivity contribution in [2.45, 2.75) is 6.04 Å². The van der Waals surface area contributed by atoms with Crippen LogP contribution in [0.3, 0.4) is 0 Å². The molecule has 0 amide bonds. The first-order chi connectivity index (χ1) is 12.2. The maximum Gasteiger partial charge on any atom is 0.120 e. The van der Waals surface area contributed by atoms with Crippen LogP contribution in [0.1, 0.15) is 17.2 Å². The van der Waals surface area contributed by atoms with E-state index in [4.69, 9.17) is 10.5 Å². The molecule has 2 aromatic carbocycles. The molecule has 1 unspecified atom stereocenters. The summed E-state index contributed by atoms with van der Waals surface area (Å²) in [6.07, 6.45) is 0. The molecular weight excluding hydrogens is 312 g/mol. The van der Waals surface area contributed by atoms with Gasteiger partial charge in [0.05, 0.1) is 18.7 Å². The second-order valence-corrected chi connectivity index (χ2v) is 6.29. The van der Waals surface area contributed by atoms with Crippen LogP contribution in [0.25, 0.3) is 0 Å². The maximum absolute atomic E-state index is 9.24. The van der Waals surface area contributed by atoms with Crippen molar-refractivity contribution in [3.05, 3.63) is 59.7 Å². The zero-order valence-electron chi connectivity index (χ0n) is 14.6. The average Bonchev–Trinajstić information content (AvgIpc) is 2.68. The third-order valence-electron chi connectivity index (χ3n) is 4.73. The van der Waals surface area contributed by atoms with Crippen LogP contribution in [0, 0.1) is 11.3 Å². The second kappa shape index (κ2) is 8.02. The molecule has 0 radical (unpaired) electrons. The van der Waals surface area contributed by atoms with Crippen LogP contribution in [0.5, 0.6) is 5.75 Å². The van der Waals surface area contributed by atoms with E-state index in [0.717, 1.165) is 44.0 Å². The van der Waals surface area contributed by atoms with Gasteiger partial charge in [0.25, 0.3) is 0 Å². The molecule has 1 heterocycles. The van der Waals surface area contributed by atoms with Gasteiger partial charge in [-0.3, -0.25) is 4.90 Å². The number of nitrogens with two attached hydrogens (primary N) is 1. The normalized spacial score (nSPS) is 16.3. The van der Waals surface area contributed by atoms with E-state index in [0.29, 0.717) is 5.56 Å². The predicted molar refractivity (Wildman–Crippen MR) is 99.7 cm³/mol. The molecule has 1 aliphatic rings. The van der Waals surface area contributed by atoms with Crippen molar-refractivity contribution in [3.63, 3.8) is 0 Å². The Labute approximate surface area is 149 Å². The fourth-order valence-electron chi connectivity index (χ4n) is 3.29. The molecular formula is C20H24N4O. The van der Waals surface area contributed by atoms with Crippen molar-refractivity contribution in [1.29, 1.82) is 5.26 Å². The lowest BCUT2D eigenvalue weighted by molar-refractivity contribution is 0.243. The van der Waals surface area contributed by atoms with Crippen molar-refractivity contribution in [1.82, 2.24) is 4.90 Å². The first-order valence-corrected chi connectivity index (χ1v) is 8.57. The molecule has 0 aromatic heterocycles. The molecule has 2 aromatic rings. The van der Waals surface area contributed by atoms with Gasteiger partial charge in [0.1, 0.15) is 5.75 Å². The van der Waals surface area contributed by atoms with Gasteiger partial charge in [-0.05, 0) is 23.8 Å². The molecule has 2 N–H and O–H groups in total. The number of rotatable bonds is 5. The number of methoxy groups -OCH3 is 1. The zero-order valence-corrected chi connectivity index (χ0v) is 14.6. The Hall–Kier alpha value is -2.55. The lowest BCUT2D eigenvalue weighted by Crippen LogP contribution is -2.48. The molecule has 1 saturated heterocycles. The Morgan fingerprint density at radius 2 is 1.88 bits per heavy atom. The predicted octanol–water partition coefficient (Wildman–Crippen LogP) is 2.39. The second-order valence-electron chi connectivity index (χ2n) is 6.29. The quantitative estimate of drug-likeness (QED) is 0.908. The topological polar surface area (TPSA) is 65.5 Å². The number of nitrogens with zero attached hydrogens (tertiary/aromatic N) is 3. The molecule has 0 bridgehead atoms. The van der Waals surface area contributed by atoms with Gasteiger partial charge in [-0.25, -0.2) is 0 Å². The van der Waals surface area contributed by atoms with Gasteiger partial charge in [-0.1, -0.05) is 24.3 Å². The van der Waals surface area contributed by atoms with E-state index in [1.165, 1.54) is 5.69 Å². The van der Waals surface area contributed by atoms with E-state index in [9.17, 15) is 5.26 Å². The van der Waals surface area contributed by atoms with Gasteiger partial charge >= 0.3 is 0 Å². The number of hydrogen-bond acceptors (Lipinski definition) is 5. The van der Waals surface area contributed by atoms with Gasteiger partial charge in [0, 0.05) is 50.5 Å². The van der Waals surface area contributed by atoms with Gasteiger partial charge in [0.15, 0.2) is 0 Å². The smallest absolute Gasteiger partial charge is 0.120 e. The summed E-state index contributed by atoms with van der Waals surface area (Å²) in [5.74, 6) is 0.884. The van der Waals surface area contributed by atoms with Gasteiger partial charge in [-0.15, -0.1) is 0 Å². The number of nitriles is 1. The monoisotopic (exact) mass is 336 g/mol. The molecule has 0 spiro atoms. The first-order valence-electron chi connectivity index (χ1n) is 8.57. The fourth-order valence-corrected chi connectivity index (χ4v) is 3.29. The molecule has 1 atom stereocenters. The van der Waals surface area contributed by atoms with Crippen molar-refractivity contribution in [3.8, 4) is 11.8 Å². The Morgan fingerprint density at radius 3 is 2.60 bits per heavy atom. The van der Waals surface area contributed by atoms with Crippen molar-refractivity contribution < 1.29 is 4.74 Å². The third-order valence-corrected chi connectivity index (χ3v) is 4.73. The largest absolute Gasteiger partial charge is 0.497 e. The summed E-state index contributed by atoms with van der Waals surface area (Å²) in [5.41, 5.74) is 9.16. The van der Waals surface area contributed by atoms with E-state index in [1.54, 1.807) is 7.11 Å². The first kappa shape index (κ1) is 17.3. The molecule has 5 heteroatoms. The van der Waals surface area contributed by atoms with E-state index in [2.05, 4.69) is 28.0 Å². The van der Waals surface area contributed by atoms with Crippen LogP contribution in [0.4, 0.5) is 5.69 Å². The summed E-state index contributed by atoms with van der Waals surface area (Å²) < 4.78 is 5.31. The Morgan fingerprint density at radius 1 is 1.12 bits per heavy atom. The van der Waals surface area contributed by atoms with Gasteiger partial charge < -0.3 is 15.4 Å². The molecule has 25 heavy (non-hydrogen) atoms. The van der Waals surface area contributed by atoms with E-state index in [-0.39, 0.29) is 6.04 Å². The van der Waals surface area contributed by atoms with Crippen LogP contribution >= 0.6 is 0 Å². The van der Waals surface area contributed by atoms with Crippen molar-refractivity contribution >= 4 is 5.69 Å². The number of anilines is 1. The number of hydrogen-bond donors (Lipinski definition) is 1. The molecule has 1 aliphatic heterocycles. The molecule has 0 aliphatic carbocycles. The van der Waals surface area contributed by atoms with Crippen LogP contribution in [-0.4, -0.2) is 44.7 Å². The molecule has 1 fully saturated rings. The highest BCUT2D eigenvalue weighted by Gasteiger charge is 2.20. The summed E-state index contributed by atoms with van der Waals surface area (Å²) in [7, 11) is 1.69. The Bertz CT molecular complexity index is 747. The zero-order chi connectivity index (χ0) is 17.6. The van der Waals surface area contributed by atoms with Crippen LogP contribution in [-0.2, 0) is 0 Å². The molecule has 5 nitrogen and oxygen atoms in total. The van der Waals surface area contributed by atoms with Crippen LogP contribution < -0.4 is 15.4 Å². The Balaban J connectivity index is 1.58. The lowest BCUT2D eigenvalue weighted by atomic mass is 10.0. The molecule has 0 saturated carbocycles. The highest BCUT2D eigenvalue weighted by atomic mass is 16.5. The minimum Gasteiger partial charge on any atom is -0.497 e. The SMILES string of the molecule is COc1cccc(N2CCN(CC(N)c3ccccc3C#N)CC2)c1. The summed E-state index contributed by atoms with van der Waals surface area (Å²) in [4.78, 5) is 4.74. The lowest BCUT2D eigenvalue weighted by Gasteiger charge is -2.37. The number of ether oxygens (including phenoxy) is 1. The third kappa shape index (κ3) is 4.11. The Kier molecular flexibility index (Phi) is 5.54.